The van der Waals surface area contributed by atoms with Gasteiger partial charge in [-0.05, 0) is 42.2 Å². The molecule has 0 amide bonds. The van der Waals surface area contributed by atoms with Crippen LogP contribution in [0, 0.1) is 0 Å². The van der Waals surface area contributed by atoms with Gasteiger partial charge in [-0.2, -0.15) is 0 Å². The van der Waals surface area contributed by atoms with Crippen LogP contribution in [0.25, 0.3) is 22.5 Å². The number of pyridine rings is 1. The molecule has 2 aromatic heterocycles. The lowest BCUT2D eigenvalue weighted by atomic mass is 9.98. The van der Waals surface area contributed by atoms with Gasteiger partial charge in [0.1, 0.15) is 11.5 Å². The first-order chi connectivity index (χ1) is 14.3. The van der Waals surface area contributed by atoms with Gasteiger partial charge >= 0.3 is 0 Å². The molecule has 2 N–H and O–H groups in total. The highest BCUT2D eigenvalue weighted by Crippen LogP contribution is 2.37. The van der Waals surface area contributed by atoms with E-state index in [-0.39, 0.29) is 6.10 Å². The molecule has 29 heavy (non-hydrogen) atoms. The number of benzene rings is 1. The summed E-state index contributed by atoms with van der Waals surface area (Å²) in [6.07, 6.45) is 6.08. The van der Waals surface area contributed by atoms with Crippen LogP contribution < -0.4 is 5.32 Å². The smallest absolute Gasteiger partial charge is 0.142 e. The average molecular weight is 389 g/mol. The lowest BCUT2D eigenvalue weighted by Gasteiger charge is -2.22. The van der Waals surface area contributed by atoms with Crippen molar-refractivity contribution in [3.05, 3.63) is 65.7 Å². The van der Waals surface area contributed by atoms with E-state index in [1.165, 1.54) is 5.56 Å². The van der Waals surface area contributed by atoms with Gasteiger partial charge in [0.05, 0.1) is 18.4 Å². The fraction of sp³-hybridized carbons (Fsp3) is 0.304. The molecular weight excluding hydrogens is 366 g/mol. The summed E-state index contributed by atoms with van der Waals surface area (Å²) in [6.45, 7) is 2.47. The van der Waals surface area contributed by atoms with Crippen LogP contribution in [0.15, 0.2) is 58.4 Å². The van der Waals surface area contributed by atoms with Crippen molar-refractivity contribution in [2.45, 2.75) is 25.4 Å². The molecular formula is C23H23N3O3. The highest BCUT2D eigenvalue weighted by Gasteiger charge is 2.23. The fourth-order valence-corrected chi connectivity index (χ4v) is 4.19. The Kier molecular flexibility index (Phi) is 4.87. The Labute approximate surface area is 169 Å². The van der Waals surface area contributed by atoms with Crippen molar-refractivity contribution in [1.82, 2.24) is 10.3 Å². The van der Waals surface area contributed by atoms with Crippen molar-refractivity contribution >= 4 is 5.71 Å². The van der Waals surface area contributed by atoms with Gasteiger partial charge < -0.3 is 19.7 Å². The number of rotatable bonds is 4. The first-order valence-corrected chi connectivity index (χ1v) is 10.0. The molecule has 1 aromatic carbocycles. The Balaban J connectivity index is 1.54. The van der Waals surface area contributed by atoms with Crippen LogP contribution in [-0.2, 0) is 17.6 Å². The zero-order chi connectivity index (χ0) is 19.6. The second-order valence-electron chi connectivity index (χ2n) is 7.51. The Morgan fingerprint density at radius 1 is 1.07 bits per heavy atom. The molecule has 0 saturated carbocycles. The highest BCUT2D eigenvalue weighted by molar-refractivity contribution is 6.04. The Hall–Kier alpha value is -2.96. The van der Waals surface area contributed by atoms with E-state index < -0.39 is 0 Å². The normalized spacial score (nSPS) is 20.1. The number of hydrogen-bond donors (Lipinski definition) is 2. The van der Waals surface area contributed by atoms with Crippen molar-refractivity contribution in [2.24, 2.45) is 5.16 Å². The molecule has 1 aliphatic carbocycles. The number of furan rings is 1. The van der Waals surface area contributed by atoms with Crippen LogP contribution in [0.1, 0.15) is 23.3 Å². The summed E-state index contributed by atoms with van der Waals surface area (Å²) in [7, 11) is 0. The first kappa shape index (κ1) is 18.1. The van der Waals surface area contributed by atoms with Crippen LogP contribution in [0.3, 0.4) is 0 Å². The number of morpholine rings is 1. The number of oxime groups is 1. The molecule has 0 radical (unpaired) electrons. The number of nitrogens with one attached hydrogen (secondary N) is 1. The summed E-state index contributed by atoms with van der Waals surface area (Å²) in [6, 6.07) is 12.4. The van der Waals surface area contributed by atoms with E-state index in [9.17, 15) is 5.21 Å². The van der Waals surface area contributed by atoms with Crippen LogP contribution in [0.2, 0.25) is 0 Å². The third kappa shape index (κ3) is 3.57. The van der Waals surface area contributed by atoms with E-state index in [4.69, 9.17) is 9.15 Å². The summed E-state index contributed by atoms with van der Waals surface area (Å²) in [5, 5.41) is 16.0. The lowest BCUT2D eigenvalue weighted by Crippen LogP contribution is -2.39. The van der Waals surface area contributed by atoms with Crippen LogP contribution in [0.4, 0.5) is 0 Å². The largest absolute Gasteiger partial charge is 0.460 e. The summed E-state index contributed by atoms with van der Waals surface area (Å²) >= 11 is 0. The third-order valence-corrected chi connectivity index (χ3v) is 5.64. The number of hydrogen-bond acceptors (Lipinski definition) is 6. The lowest BCUT2D eigenvalue weighted by molar-refractivity contribution is 0.0263. The van der Waals surface area contributed by atoms with Gasteiger partial charge in [0.15, 0.2) is 0 Å². The second-order valence-corrected chi connectivity index (χ2v) is 7.51. The fourth-order valence-electron chi connectivity index (χ4n) is 4.19. The van der Waals surface area contributed by atoms with Crippen molar-refractivity contribution in [3.8, 4) is 22.5 Å². The van der Waals surface area contributed by atoms with E-state index >= 15 is 0 Å². The zero-order valence-electron chi connectivity index (χ0n) is 16.1. The van der Waals surface area contributed by atoms with Crippen molar-refractivity contribution < 1.29 is 14.4 Å². The average Bonchev–Trinajstić information content (AvgIpc) is 3.38. The second kappa shape index (κ2) is 7.81. The summed E-state index contributed by atoms with van der Waals surface area (Å²) in [5.74, 6) is 1.76. The number of fused-ring (bicyclic) bond motifs is 1. The van der Waals surface area contributed by atoms with Crippen LogP contribution in [-0.4, -0.2) is 41.7 Å². The van der Waals surface area contributed by atoms with E-state index in [0.29, 0.717) is 0 Å². The van der Waals surface area contributed by atoms with E-state index in [1.807, 2.05) is 18.2 Å². The Morgan fingerprint density at radius 3 is 2.76 bits per heavy atom. The van der Waals surface area contributed by atoms with E-state index in [2.05, 4.69) is 33.7 Å². The van der Waals surface area contributed by atoms with Gasteiger partial charge in [0.2, 0.25) is 0 Å². The van der Waals surface area contributed by atoms with Gasteiger partial charge in [0, 0.05) is 48.6 Å². The molecule has 1 saturated heterocycles. The van der Waals surface area contributed by atoms with Gasteiger partial charge in [0.25, 0.3) is 0 Å². The summed E-state index contributed by atoms with van der Waals surface area (Å²) in [4.78, 5) is 4.13. The molecule has 3 heterocycles. The summed E-state index contributed by atoms with van der Waals surface area (Å²) < 4.78 is 12.2. The number of ether oxygens (including phenoxy) is 1. The molecule has 2 aliphatic rings. The first-order valence-electron chi connectivity index (χ1n) is 10.0. The van der Waals surface area contributed by atoms with Gasteiger partial charge in [-0.1, -0.05) is 23.4 Å². The van der Waals surface area contributed by atoms with Gasteiger partial charge in [-0.15, -0.1) is 0 Å². The topological polar surface area (TPSA) is 79.9 Å². The van der Waals surface area contributed by atoms with Crippen molar-refractivity contribution in [2.75, 3.05) is 19.7 Å². The molecule has 1 atom stereocenters. The maximum atomic E-state index is 9.20. The molecule has 3 aromatic rings. The van der Waals surface area contributed by atoms with E-state index in [0.717, 1.165) is 78.4 Å². The minimum absolute atomic E-state index is 0.122. The van der Waals surface area contributed by atoms with Gasteiger partial charge in [-0.25, -0.2) is 0 Å². The zero-order valence-corrected chi connectivity index (χ0v) is 16.1. The van der Waals surface area contributed by atoms with Crippen molar-refractivity contribution in [3.63, 3.8) is 0 Å². The minimum atomic E-state index is 0.122. The highest BCUT2D eigenvalue weighted by atomic mass is 16.5. The van der Waals surface area contributed by atoms with Crippen LogP contribution in [0.5, 0.6) is 0 Å². The van der Waals surface area contributed by atoms with Gasteiger partial charge in [-0.3, -0.25) is 4.98 Å². The quantitative estimate of drug-likeness (QED) is 0.526. The third-order valence-electron chi connectivity index (χ3n) is 5.64. The molecule has 0 bridgehead atoms. The number of aromatic nitrogens is 1. The molecule has 1 fully saturated rings. The van der Waals surface area contributed by atoms with E-state index in [1.54, 1.807) is 12.4 Å². The number of aryl methyl sites for hydroxylation is 1. The SMILES string of the molecule is O/N=C1\CCc2cc(-c3cc(CC4CNCCO4)oc3-c3ccncc3)ccc21. The molecule has 6 heteroatoms. The molecule has 5 rings (SSSR count). The predicted octanol–water partition coefficient (Wildman–Crippen LogP) is 3.66. The standard InChI is InChI=1S/C23H23N3O3/c27-26-22-4-2-16-11-17(1-3-20(16)22)21-13-18(12-19-14-25-9-10-28-19)29-23(21)15-5-7-24-8-6-15/h1,3,5-8,11,13,19,25,27H,2,4,9-10,12,14H2/b26-22+. The maximum Gasteiger partial charge on any atom is 0.142 e. The molecule has 148 valence electrons. The molecule has 6 nitrogen and oxygen atoms in total. The number of nitrogens with zero attached hydrogens (tertiary/aromatic N) is 2. The molecule has 0 spiro atoms. The van der Waals surface area contributed by atoms with Crippen LogP contribution >= 0.6 is 0 Å². The summed E-state index contributed by atoms with van der Waals surface area (Å²) in [5.41, 5.74) is 6.17. The van der Waals surface area contributed by atoms with Crippen molar-refractivity contribution in [1.29, 1.82) is 0 Å². The Morgan fingerprint density at radius 2 is 1.97 bits per heavy atom. The minimum Gasteiger partial charge on any atom is -0.460 e. The monoisotopic (exact) mass is 389 g/mol. The molecule has 1 unspecified atom stereocenters. The predicted molar refractivity (Wildman–Crippen MR) is 110 cm³/mol. The maximum absolute atomic E-state index is 9.20. The molecule has 1 aliphatic heterocycles. The Bertz CT molecular complexity index is 1040.